The summed E-state index contributed by atoms with van der Waals surface area (Å²) < 4.78 is 5.00. The summed E-state index contributed by atoms with van der Waals surface area (Å²) in [5.74, 6) is -0.381. The van der Waals surface area contributed by atoms with Gasteiger partial charge in [-0.1, -0.05) is 18.2 Å². The highest BCUT2D eigenvalue weighted by molar-refractivity contribution is 7.98. The standard InChI is InChI=1S/C13H10N2O3S/c1-19-11-10(13(16)18-12(11)15-17)8-6-14-9-5-3-2-4-7(8)9/h2-6,14,16H,1H3. The summed E-state index contributed by atoms with van der Waals surface area (Å²) in [6, 6.07) is 7.71. The fourth-order valence-electron chi connectivity index (χ4n) is 2.16. The van der Waals surface area contributed by atoms with Gasteiger partial charge in [-0.3, -0.25) is 0 Å². The number of aromatic amines is 1. The first-order valence-corrected chi connectivity index (χ1v) is 6.78. The summed E-state index contributed by atoms with van der Waals surface area (Å²) in [5, 5.41) is 13.7. The fourth-order valence-corrected chi connectivity index (χ4v) is 2.81. The second kappa shape index (κ2) is 4.47. The van der Waals surface area contributed by atoms with E-state index in [4.69, 9.17) is 4.42 Å². The van der Waals surface area contributed by atoms with Crippen molar-refractivity contribution in [3.63, 3.8) is 0 Å². The lowest BCUT2D eigenvalue weighted by Crippen LogP contribution is -1.76. The van der Waals surface area contributed by atoms with E-state index in [1.165, 1.54) is 11.8 Å². The van der Waals surface area contributed by atoms with E-state index < -0.39 is 0 Å². The quantitative estimate of drug-likeness (QED) is 0.552. The van der Waals surface area contributed by atoms with Crippen LogP contribution in [0.5, 0.6) is 5.95 Å². The Morgan fingerprint density at radius 3 is 2.89 bits per heavy atom. The first-order chi connectivity index (χ1) is 9.26. The van der Waals surface area contributed by atoms with Crippen molar-refractivity contribution >= 4 is 28.5 Å². The van der Waals surface area contributed by atoms with Crippen LogP contribution < -0.4 is 0 Å². The van der Waals surface area contributed by atoms with Crippen molar-refractivity contribution < 1.29 is 9.52 Å². The zero-order valence-corrected chi connectivity index (χ0v) is 10.8. The largest absolute Gasteiger partial charge is 0.480 e. The molecule has 0 spiro atoms. The number of para-hydroxylation sites is 1. The van der Waals surface area contributed by atoms with Crippen molar-refractivity contribution in [2.24, 2.45) is 5.18 Å². The van der Waals surface area contributed by atoms with Crippen LogP contribution in [0.3, 0.4) is 0 Å². The molecule has 0 amide bonds. The third-order valence-electron chi connectivity index (χ3n) is 2.97. The highest BCUT2D eigenvalue weighted by Crippen LogP contribution is 2.48. The Balaban J connectivity index is 2.32. The molecule has 5 nitrogen and oxygen atoms in total. The molecule has 19 heavy (non-hydrogen) atoms. The number of rotatable bonds is 3. The Kier molecular flexibility index (Phi) is 2.79. The van der Waals surface area contributed by atoms with Crippen LogP contribution >= 0.6 is 11.8 Å². The van der Waals surface area contributed by atoms with Gasteiger partial charge in [-0.05, 0) is 12.3 Å². The molecular weight excluding hydrogens is 264 g/mol. The van der Waals surface area contributed by atoms with Crippen molar-refractivity contribution in [1.29, 1.82) is 0 Å². The number of thioether (sulfide) groups is 1. The van der Waals surface area contributed by atoms with Gasteiger partial charge in [0, 0.05) is 27.8 Å². The SMILES string of the molecule is CSc1c(N=O)oc(O)c1-c1c[nH]c2ccccc12. The molecule has 0 aliphatic rings. The number of fused-ring (bicyclic) bond motifs is 1. The van der Waals surface area contributed by atoms with Crippen LogP contribution in [-0.2, 0) is 0 Å². The fraction of sp³-hybridized carbons (Fsp3) is 0.0769. The average molecular weight is 274 g/mol. The molecular formula is C13H10N2O3S. The van der Waals surface area contributed by atoms with Gasteiger partial charge >= 0.3 is 0 Å². The minimum Gasteiger partial charge on any atom is -0.480 e. The van der Waals surface area contributed by atoms with Gasteiger partial charge in [-0.2, -0.15) is 0 Å². The molecule has 0 fully saturated rings. The summed E-state index contributed by atoms with van der Waals surface area (Å²) in [5.41, 5.74) is 2.24. The number of aromatic nitrogens is 1. The first-order valence-electron chi connectivity index (χ1n) is 5.56. The number of hydrogen-bond acceptors (Lipinski definition) is 5. The second-order valence-corrected chi connectivity index (χ2v) is 4.78. The van der Waals surface area contributed by atoms with E-state index in [1.54, 1.807) is 12.5 Å². The summed E-state index contributed by atoms with van der Waals surface area (Å²) in [7, 11) is 0. The Labute approximate surface area is 112 Å². The number of nitrogens with zero attached hydrogens (tertiary/aromatic N) is 1. The predicted octanol–water partition coefficient (Wildman–Crippen LogP) is 4.25. The monoisotopic (exact) mass is 274 g/mol. The van der Waals surface area contributed by atoms with Crippen molar-refractivity contribution in [2.75, 3.05) is 6.26 Å². The van der Waals surface area contributed by atoms with Gasteiger partial charge in [0.15, 0.2) is 0 Å². The molecule has 6 heteroatoms. The number of furan rings is 1. The summed E-state index contributed by atoms with van der Waals surface area (Å²) in [6.45, 7) is 0. The molecule has 0 aliphatic carbocycles. The van der Waals surface area contributed by atoms with Crippen molar-refractivity contribution in [2.45, 2.75) is 4.90 Å². The van der Waals surface area contributed by atoms with Crippen LogP contribution in [0.4, 0.5) is 5.88 Å². The minimum atomic E-state index is -0.288. The van der Waals surface area contributed by atoms with Crippen molar-refractivity contribution in [3.8, 4) is 17.1 Å². The van der Waals surface area contributed by atoms with Crippen LogP contribution in [0.25, 0.3) is 22.0 Å². The summed E-state index contributed by atoms with van der Waals surface area (Å²) in [6.07, 6.45) is 3.58. The van der Waals surface area contributed by atoms with Crippen LogP contribution in [0, 0.1) is 4.91 Å². The predicted molar refractivity (Wildman–Crippen MR) is 74.9 cm³/mol. The van der Waals surface area contributed by atoms with Gasteiger partial charge in [0.2, 0.25) is 0 Å². The van der Waals surface area contributed by atoms with Gasteiger partial charge in [0.1, 0.15) is 0 Å². The van der Waals surface area contributed by atoms with E-state index >= 15 is 0 Å². The normalized spacial score (nSPS) is 11.0. The molecule has 3 rings (SSSR count). The molecule has 0 bridgehead atoms. The molecule has 96 valence electrons. The molecule has 2 aromatic heterocycles. The maximum atomic E-state index is 10.7. The Morgan fingerprint density at radius 2 is 2.16 bits per heavy atom. The number of H-pyrrole nitrogens is 1. The molecule has 0 atom stereocenters. The van der Waals surface area contributed by atoms with Gasteiger partial charge < -0.3 is 14.5 Å². The number of nitroso groups, excluding NO2 is 1. The molecule has 0 aliphatic heterocycles. The van der Waals surface area contributed by atoms with E-state index in [1.807, 2.05) is 24.3 Å². The molecule has 0 saturated heterocycles. The molecule has 2 heterocycles. The first kappa shape index (κ1) is 11.9. The molecule has 2 N–H and O–H groups in total. The van der Waals surface area contributed by atoms with Gasteiger partial charge in [0.05, 0.1) is 10.5 Å². The minimum absolute atomic E-state index is 0.0923. The lowest BCUT2D eigenvalue weighted by atomic mass is 10.1. The topological polar surface area (TPSA) is 78.6 Å². The highest BCUT2D eigenvalue weighted by Gasteiger charge is 2.23. The van der Waals surface area contributed by atoms with Crippen molar-refractivity contribution in [3.05, 3.63) is 35.4 Å². The molecule has 0 unspecified atom stereocenters. The lowest BCUT2D eigenvalue weighted by Gasteiger charge is -1.99. The maximum absolute atomic E-state index is 10.7. The van der Waals surface area contributed by atoms with Crippen LogP contribution in [0.1, 0.15) is 0 Å². The molecule has 0 radical (unpaired) electrons. The number of hydrogen-bond donors (Lipinski definition) is 2. The second-order valence-electron chi connectivity index (χ2n) is 3.96. The molecule has 3 aromatic rings. The third-order valence-corrected chi connectivity index (χ3v) is 3.76. The molecule has 1 aromatic carbocycles. The smallest absolute Gasteiger partial charge is 0.293 e. The van der Waals surface area contributed by atoms with E-state index in [-0.39, 0.29) is 11.8 Å². The van der Waals surface area contributed by atoms with Gasteiger partial charge in [-0.25, -0.2) is 0 Å². The van der Waals surface area contributed by atoms with E-state index in [0.29, 0.717) is 10.5 Å². The van der Waals surface area contributed by atoms with Crippen LogP contribution in [-0.4, -0.2) is 16.3 Å². The summed E-state index contributed by atoms with van der Waals surface area (Å²) >= 11 is 1.31. The lowest BCUT2D eigenvalue weighted by molar-refractivity contribution is 0.339. The number of nitrogens with one attached hydrogen (secondary N) is 1. The number of aromatic hydroxyl groups is 1. The molecule has 0 saturated carbocycles. The Hall–Kier alpha value is -2.21. The highest BCUT2D eigenvalue weighted by atomic mass is 32.2. The van der Waals surface area contributed by atoms with Gasteiger partial charge in [-0.15, -0.1) is 16.7 Å². The van der Waals surface area contributed by atoms with E-state index in [0.717, 1.165) is 16.5 Å². The summed E-state index contributed by atoms with van der Waals surface area (Å²) in [4.78, 5) is 14.4. The van der Waals surface area contributed by atoms with Crippen molar-refractivity contribution in [1.82, 2.24) is 4.98 Å². The van der Waals surface area contributed by atoms with Crippen LogP contribution in [0.2, 0.25) is 0 Å². The third kappa shape index (κ3) is 1.72. The number of benzene rings is 1. The average Bonchev–Trinajstić information content (AvgIpc) is 2.98. The zero-order valence-electron chi connectivity index (χ0n) is 10.0. The van der Waals surface area contributed by atoms with E-state index in [9.17, 15) is 10.0 Å². The maximum Gasteiger partial charge on any atom is 0.293 e. The Bertz CT molecular complexity index is 760. The van der Waals surface area contributed by atoms with Crippen LogP contribution in [0.15, 0.2) is 45.0 Å². The Morgan fingerprint density at radius 1 is 1.37 bits per heavy atom. The zero-order chi connectivity index (χ0) is 13.4. The van der Waals surface area contributed by atoms with Gasteiger partial charge in [0.25, 0.3) is 11.8 Å². The van der Waals surface area contributed by atoms with E-state index in [2.05, 4.69) is 10.2 Å².